The van der Waals surface area contributed by atoms with E-state index in [1.807, 2.05) is 0 Å². The largest absolute Gasteiger partial charge is 0.242 e. The molecule has 3 saturated heterocycles. The smallest absolute Gasteiger partial charge is 0.151 e. The van der Waals surface area contributed by atoms with E-state index in [0.717, 1.165) is 19.0 Å². The summed E-state index contributed by atoms with van der Waals surface area (Å²) in [5.74, 6) is 0.918. The van der Waals surface area contributed by atoms with Crippen molar-refractivity contribution in [3.8, 4) is 0 Å². The van der Waals surface area contributed by atoms with Gasteiger partial charge < -0.3 is 0 Å². The van der Waals surface area contributed by atoms with Crippen LogP contribution in [0, 0.1) is 5.92 Å². The zero-order chi connectivity index (χ0) is 15.5. The first-order valence-electron chi connectivity index (χ1n) is 9.84. The Bertz CT molecular complexity index is 482. The summed E-state index contributed by atoms with van der Waals surface area (Å²) in [6.45, 7) is 4.99. The van der Waals surface area contributed by atoms with Crippen LogP contribution in [0.4, 0.5) is 0 Å². The van der Waals surface area contributed by atoms with Crippen LogP contribution in [0.5, 0.6) is 0 Å². The van der Waals surface area contributed by atoms with Gasteiger partial charge in [-0.1, -0.05) is 37.1 Å². The van der Waals surface area contributed by atoms with Crippen LogP contribution < -0.4 is 10.2 Å². The molecule has 0 amide bonds. The third-order valence-electron chi connectivity index (χ3n) is 6.68. The minimum atomic E-state index is 0.624. The lowest BCUT2D eigenvalue weighted by Gasteiger charge is -2.42. The van der Waals surface area contributed by atoms with Gasteiger partial charge in [0.15, 0.2) is 5.54 Å². The van der Waals surface area contributed by atoms with Crippen LogP contribution >= 0.6 is 0 Å². The molecule has 3 fully saturated rings. The van der Waals surface area contributed by atoms with Crippen LogP contribution in [0.3, 0.4) is 0 Å². The Morgan fingerprint density at radius 3 is 2.09 bits per heavy atom. The summed E-state index contributed by atoms with van der Waals surface area (Å²) in [6, 6.07) is 9.08. The average molecular weight is 311 g/mol. The van der Waals surface area contributed by atoms with E-state index in [0.29, 0.717) is 5.54 Å². The number of benzene rings is 1. The predicted molar refractivity (Wildman–Crippen MR) is 96.1 cm³/mol. The lowest BCUT2D eigenvalue weighted by molar-refractivity contribution is 0.0587. The molecule has 0 saturated carbocycles. The predicted octanol–water partition coefficient (Wildman–Crippen LogP) is 3.64. The van der Waals surface area contributed by atoms with E-state index >= 15 is 0 Å². The molecule has 2 radical (unpaired) electrons. The Labute approximate surface area is 141 Å². The second kappa shape index (κ2) is 6.94. The third kappa shape index (κ3) is 3.08. The van der Waals surface area contributed by atoms with Gasteiger partial charge in [0.05, 0.1) is 6.42 Å². The van der Waals surface area contributed by atoms with Crippen molar-refractivity contribution in [1.82, 2.24) is 10.2 Å². The SMILES string of the molecule is C1CCC[N]CC1.c1ccc2c(c1)CC(C13CCC[N+]1CC3)C2. The zero-order valence-electron chi connectivity index (χ0n) is 14.5. The van der Waals surface area contributed by atoms with Crippen molar-refractivity contribution in [2.75, 3.05) is 26.2 Å². The highest BCUT2D eigenvalue weighted by Crippen LogP contribution is 2.48. The van der Waals surface area contributed by atoms with Crippen LogP contribution in [0.25, 0.3) is 0 Å². The highest BCUT2D eigenvalue weighted by Gasteiger charge is 2.62. The molecule has 0 spiro atoms. The monoisotopic (exact) mass is 311 g/mol. The summed E-state index contributed by atoms with van der Waals surface area (Å²) >= 11 is 0. The van der Waals surface area contributed by atoms with Gasteiger partial charge >= 0.3 is 0 Å². The van der Waals surface area contributed by atoms with Crippen LogP contribution in [0.2, 0.25) is 0 Å². The maximum atomic E-state index is 4.27. The maximum absolute atomic E-state index is 4.27. The van der Waals surface area contributed by atoms with Crippen molar-refractivity contribution in [3.05, 3.63) is 35.4 Å². The van der Waals surface area contributed by atoms with Gasteiger partial charge in [-0.25, -0.2) is 5.32 Å². The van der Waals surface area contributed by atoms with Crippen molar-refractivity contribution in [2.24, 2.45) is 5.92 Å². The Kier molecular flexibility index (Phi) is 4.73. The zero-order valence-corrected chi connectivity index (χ0v) is 14.5. The Morgan fingerprint density at radius 1 is 0.826 bits per heavy atom. The summed E-state index contributed by atoms with van der Waals surface area (Å²) in [4.78, 5) is 2.77. The topological polar surface area (TPSA) is 20.0 Å². The molecular weight excluding hydrogens is 280 g/mol. The second-order valence-electron chi connectivity index (χ2n) is 7.90. The molecule has 1 aromatic carbocycles. The lowest BCUT2D eigenvalue weighted by Crippen LogP contribution is -2.64. The minimum Gasteiger partial charge on any atom is -0.242 e. The Morgan fingerprint density at radius 2 is 1.52 bits per heavy atom. The molecule has 2 heteroatoms. The molecule has 4 aliphatic rings. The molecule has 2 nitrogen and oxygen atoms in total. The van der Waals surface area contributed by atoms with E-state index in [2.05, 4.69) is 34.5 Å². The van der Waals surface area contributed by atoms with E-state index < -0.39 is 0 Å². The quantitative estimate of drug-likeness (QED) is 0.706. The van der Waals surface area contributed by atoms with Crippen LogP contribution in [-0.4, -0.2) is 31.7 Å². The number of fused-ring (bicyclic) bond motifs is 2. The van der Waals surface area contributed by atoms with E-state index in [-0.39, 0.29) is 0 Å². The molecule has 1 aliphatic carbocycles. The fraction of sp³-hybridized carbons (Fsp3) is 0.714. The number of hydrogen-bond acceptors (Lipinski definition) is 1. The van der Waals surface area contributed by atoms with Crippen molar-refractivity contribution in [1.29, 1.82) is 0 Å². The molecule has 1 aromatic rings. The molecule has 3 aliphatic heterocycles. The maximum Gasteiger partial charge on any atom is 0.151 e. The van der Waals surface area contributed by atoms with Gasteiger partial charge in [-0.2, -0.15) is 4.90 Å². The standard InChI is InChI=1S/C15H19N.C6H12N/c1-2-5-13-11-14(10-12(13)4-1)15-6-3-8-16(15)9-7-15;1-2-4-6-7-5-3-1/h1-2,4-5,14H,3,6-11H2;1-6H2/q+1;. The average Bonchev–Trinajstić information content (AvgIpc) is 2.95. The molecule has 3 heterocycles. The van der Waals surface area contributed by atoms with Gasteiger partial charge in [-0.05, 0) is 36.8 Å². The Hall–Kier alpha value is -0.860. The first-order valence-corrected chi connectivity index (χ1v) is 9.84. The van der Waals surface area contributed by atoms with Gasteiger partial charge in [-0.3, -0.25) is 0 Å². The highest BCUT2D eigenvalue weighted by molar-refractivity contribution is 5.34. The van der Waals surface area contributed by atoms with E-state index in [9.17, 15) is 0 Å². The first-order chi connectivity index (χ1) is 11.4. The van der Waals surface area contributed by atoms with Gasteiger partial charge in [0.1, 0.15) is 13.1 Å². The summed E-state index contributed by atoms with van der Waals surface area (Å²) in [6.07, 6.45) is 12.5. The lowest BCUT2D eigenvalue weighted by atomic mass is 9.72. The van der Waals surface area contributed by atoms with E-state index in [1.165, 1.54) is 70.9 Å². The van der Waals surface area contributed by atoms with Crippen molar-refractivity contribution >= 4 is 0 Å². The van der Waals surface area contributed by atoms with Crippen molar-refractivity contribution in [3.63, 3.8) is 0 Å². The van der Waals surface area contributed by atoms with Gasteiger partial charge in [-0.15, -0.1) is 0 Å². The van der Waals surface area contributed by atoms with E-state index in [4.69, 9.17) is 0 Å². The summed E-state index contributed by atoms with van der Waals surface area (Å²) < 4.78 is 0. The molecule has 0 aromatic heterocycles. The van der Waals surface area contributed by atoms with Gasteiger partial charge in [0.2, 0.25) is 0 Å². The summed E-state index contributed by atoms with van der Waals surface area (Å²) in [5.41, 5.74) is 3.88. The third-order valence-corrected chi connectivity index (χ3v) is 6.68. The molecule has 0 bridgehead atoms. The molecular formula is C21H31N2+. The highest BCUT2D eigenvalue weighted by atomic mass is 15.3. The minimum absolute atomic E-state index is 0.624. The fourth-order valence-electron chi connectivity index (χ4n) is 5.27. The van der Waals surface area contributed by atoms with Crippen LogP contribution in [-0.2, 0) is 12.8 Å². The van der Waals surface area contributed by atoms with Crippen LogP contribution in [0.1, 0.15) is 56.1 Å². The van der Waals surface area contributed by atoms with Gasteiger partial charge in [0, 0.05) is 31.8 Å². The van der Waals surface area contributed by atoms with Crippen molar-refractivity contribution < 1.29 is 0 Å². The normalized spacial score (nSPS) is 30.6. The molecule has 1 atom stereocenters. The fourth-order valence-corrected chi connectivity index (χ4v) is 5.27. The number of hydrogen-bond donors (Lipinski definition) is 0. The number of nitrogens with zero attached hydrogens (tertiary/aromatic N) is 2. The van der Waals surface area contributed by atoms with Crippen molar-refractivity contribution in [2.45, 2.75) is 63.3 Å². The second-order valence-corrected chi connectivity index (χ2v) is 7.90. The molecule has 124 valence electrons. The molecule has 0 N–H and O–H groups in total. The summed E-state index contributed by atoms with van der Waals surface area (Å²) in [7, 11) is 0. The molecule has 23 heavy (non-hydrogen) atoms. The molecule has 1 unspecified atom stereocenters. The van der Waals surface area contributed by atoms with E-state index in [1.54, 1.807) is 11.1 Å². The Balaban J connectivity index is 0.000000164. The molecule has 5 rings (SSSR count). The van der Waals surface area contributed by atoms with Gasteiger partial charge in [0.25, 0.3) is 0 Å². The van der Waals surface area contributed by atoms with Crippen LogP contribution in [0.15, 0.2) is 24.3 Å². The first kappa shape index (κ1) is 15.7. The number of rotatable bonds is 1. The summed E-state index contributed by atoms with van der Waals surface area (Å²) in [5, 5.41) is 4.27.